The third kappa shape index (κ3) is 4.29. The zero-order valence-corrected chi connectivity index (χ0v) is 15.5. The maximum absolute atomic E-state index is 14.0. The molecule has 1 aliphatic heterocycles. The molecule has 0 spiro atoms. The van der Waals surface area contributed by atoms with Gasteiger partial charge in [0.2, 0.25) is 0 Å². The molecule has 0 N–H and O–H groups in total. The number of hydrogen-bond donors (Lipinski definition) is 0. The molecule has 1 fully saturated rings. The van der Waals surface area contributed by atoms with Crippen molar-refractivity contribution in [3.05, 3.63) is 28.2 Å². The van der Waals surface area contributed by atoms with Crippen molar-refractivity contribution < 1.29 is 13.9 Å². The van der Waals surface area contributed by atoms with Gasteiger partial charge in [0.05, 0.1) is 12.0 Å². The molecule has 0 atom stereocenters. The molecular weight excluding hydrogens is 363 g/mol. The smallest absolute Gasteiger partial charge is 0.311 e. The zero-order valence-electron chi connectivity index (χ0n) is 13.9. The molecule has 6 heteroatoms. The number of likely N-dealkylation sites (tertiary alicyclic amines) is 1. The van der Waals surface area contributed by atoms with E-state index in [9.17, 15) is 9.18 Å². The summed E-state index contributed by atoms with van der Waals surface area (Å²) in [6.45, 7) is 8.45. The van der Waals surface area contributed by atoms with E-state index in [4.69, 9.17) is 4.74 Å². The molecule has 0 amide bonds. The van der Waals surface area contributed by atoms with Crippen LogP contribution in [0, 0.1) is 17.2 Å². The summed E-state index contributed by atoms with van der Waals surface area (Å²) < 4.78 is 19.5. The molecule has 2 heterocycles. The Bertz CT molecular complexity index is 558. The van der Waals surface area contributed by atoms with Gasteiger partial charge in [-0.05, 0) is 74.6 Å². The predicted octanol–water partition coefficient (Wildman–Crippen LogP) is 3.78. The first-order chi connectivity index (χ1) is 10.9. The van der Waals surface area contributed by atoms with E-state index < -0.39 is 5.41 Å². The maximum Gasteiger partial charge on any atom is 0.311 e. The molecule has 0 saturated carbocycles. The number of carbonyl (C=O) groups excluding carboxylic acids is 1. The summed E-state index contributed by atoms with van der Waals surface area (Å²) in [5, 5.41) is 0. The predicted molar refractivity (Wildman–Crippen MR) is 90.3 cm³/mol. The number of carbonyl (C=O) groups is 1. The molecule has 1 saturated heterocycles. The van der Waals surface area contributed by atoms with Crippen molar-refractivity contribution in [2.75, 3.05) is 19.7 Å². The van der Waals surface area contributed by atoms with Crippen molar-refractivity contribution in [3.8, 4) is 0 Å². The number of ether oxygens (including phenoxy) is 1. The standard InChI is InChI=1S/C17H24BrFN2O2/c1-4-23-16(22)17(2,3)13-6-9-21(10-7-13)11-12-5-8-20-15(18)14(12)19/h5,8,13H,4,6-7,9-11H2,1-3H3. The van der Waals surface area contributed by atoms with Crippen LogP contribution in [0.5, 0.6) is 0 Å². The molecule has 0 radical (unpaired) electrons. The highest BCUT2D eigenvalue weighted by Crippen LogP contribution is 2.36. The molecule has 1 aromatic heterocycles. The van der Waals surface area contributed by atoms with Gasteiger partial charge in [0.1, 0.15) is 4.60 Å². The molecule has 2 rings (SSSR count). The lowest BCUT2D eigenvalue weighted by Gasteiger charge is -2.39. The van der Waals surface area contributed by atoms with Crippen molar-refractivity contribution in [3.63, 3.8) is 0 Å². The van der Waals surface area contributed by atoms with Crippen molar-refractivity contribution in [2.45, 2.75) is 40.2 Å². The number of pyridine rings is 1. The Kier molecular flexibility index (Phi) is 6.14. The first-order valence-corrected chi connectivity index (χ1v) is 8.84. The van der Waals surface area contributed by atoms with Gasteiger partial charge in [0.25, 0.3) is 0 Å². The minimum absolute atomic E-state index is 0.123. The molecule has 23 heavy (non-hydrogen) atoms. The van der Waals surface area contributed by atoms with Gasteiger partial charge >= 0.3 is 5.97 Å². The van der Waals surface area contributed by atoms with E-state index in [1.54, 1.807) is 12.3 Å². The summed E-state index contributed by atoms with van der Waals surface area (Å²) in [7, 11) is 0. The van der Waals surface area contributed by atoms with Crippen molar-refractivity contribution in [1.82, 2.24) is 9.88 Å². The Hall–Kier alpha value is -1.01. The molecule has 1 aromatic rings. The number of rotatable bonds is 5. The lowest BCUT2D eigenvalue weighted by atomic mass is 9.73. The van der Waals surface area contributed by atoms with E-state index in [1.165, 1.54) is 0 Å². The van der Waals surface area contributed by atoms with E-state index in [0.29, 0.717) is 24.6 Å². The van der Waals surface area contributed by atoms with Crippen LogP contribution in [0.15, 0.2) is 16.9 Å². The van der Waals surface area contributed by atoms with Crippen LogP contribution in [0.25, 0.3) is 0 Å². The van der Waals surface area contributed by atoms with E-state index in [2.05, 4.69) is 25.8 Å². The number of halogens is 2. The molecule has 0 aliphatic carbocycles. The monoisotopic (exact) mass is 386 g/mol. The SMILES string of the molecule is CCOC(=O)C(C)(C)C1CCN(Cc2ccnc(Br)c2F)CC1. The number of aromatic nitrogens is 1. The highest BCUT2D eigenvalue weighted by molar-refractivity contribution is 9.10. The van der Waals surface area contributed by atoms with Gasteiger partial charge in [0.15, 0.2) is 5.82 Å². The number of esters is 1. The van der Waals surface area contributed by atoms with Gasteiger partial charge in [0, 0.05) is 18.3 Å². The van der Waals surface area contributed by atoms with Crippen LogP contribution < -0.4 is 0 Å². The van der Waals surface area contributed by atoms with Crippen molar-refractivity contribution in [1.29, 1.82) is 0 Å². The number of piperidine rings is 1. The Labute approximate surface area is 145 Å². The largest absolute Gasteiger partial charge is 0.466 e. The van der Waals surface area contributed by atoms with Gasteiger partial charge < -0.3 is 4.74 Å². The van der Waals surface area contributed by atoms with E-state index in [1.807, 2.05) is 20.8 Å². The minimum Gasteiger partial charge on any atom is -0.466 e. The Balaban J connectivity index is 1.93. The molecule has 1 aliphatic rings. The van der Waals surface area contributed by atoms with E-state index >= 15 is 0 Å². The number of hydrogen-bond acceptors (Lipinski definition) is 4. The van der Waals surface area contributed by atoms with Crippen LogP contribution in [0.1, 0.15) is 39.2 Å². The summed E-state index contributed by atoms with van der Waals surface area (Å²) in [5.41, 5.74) is 0.183. The fourth-order valence-corrected chi connectivity index (χ4v) is 3.49. The average Bonchev–Trinajstić information content (AvgIpc) is 2.52. The van der Waals surface area contributed by atoms with Crippen molar-refractivity contribution in [2.24, 2.45) is 11.3 Å². The van der Waals surface area contributed by atoms with Crippen LogP contribution in [0.4, 0.5) is 4.39 Å². The molecule has 0 bridgehead atoms. The fraction of sp³-hybridized carbons (Fsp3) is 0.647. The number of nitrogens with zero attached hydrogens (tertiary/aromatic N) is 2. The van der Waals surface area contributed by atoms with Gasteiger partial charge in [-0.2, -0.15) is 0 Å². The summed E-state index contributed by atoms with van der Waals surface area (Å²) in [4.78, 5) is 18.2. The van der Waals surface area contributed by atoms with Gasteiger partial charge in [-0.3, -0.25) is 9.69 Å². The van der Waals surface area contributed by atoms with Crippen LogP contribution >= 0.6 is 15.9 Å². The maximum atomic E-state index is 14.0. The molecule has 0 aromatic carbocycles. The minimum atomic E-state index is -0.465. The Morgan fingerprint density at radius 3 is 2.74 bits per heavy atom. The third-order valence-corrected chi connectivity index (χ3v) is 5.28. The quantitative estimate of drug-likeness (QED) is 0.570. The van der Waals surface area contributed by atoms with E-state index in [0.717, 1.165) is 25.9 Å². The second-order valence-corrected chi connectivity index (χ2v) is 7.32. The summed E-state index contributed by atoms with van der Waals surface area (Å²) in [6, 6.07) is 1.72. The normalized spacial score (nSPS) is 17.3. The van der Waals surface area contributed by atoms with Crippen LogP contribution in [0.3, 0.4) is 0 Å². The Morgan fingerprint density at radius 1 is 1.48 bits per heavy atom. The lowest BCUT2D eigenvalue weighted by Crippen LogP contribution is -2.42. The zero-order chi connectivity index (χ0) is 17.0. The van der Waals surface area contributed by atoms with Crippen LogP contribution in [0.2, 0.25) is 0 Å². The first kappa shape index (κ1) is 18.3. The second-order valence-electron chi connectivity index (χ2n) is 6.57. The third-order valence-electron chi connectivity index (χ3n) is 4.73. The molecule has 0 unspecified atom stereocenters. The summed E-state index contributed by atoms with van der Waals surface area (Å²) in [6.07, 6.45) is 3.44. The topological polar surface area (TPSA) is 42.4 Å². The highest BCUT2D eigenvalue weighted by atomic mass is 79.9. The molecule has 4 nitrogen and oxygen atoms in total. The van der Waals surface area contributed by atoms with E-state index in [-0.39, 0.29) is 16.4 Å². The molecular formula is C17H24BrFN2O2. The second kappa shape index (κ2) is 7.71. The summed E-state index contributed by atoms with van der Waals surface area (Å²) in [5.74, 6) is -0.115. The molecule has 128 valence electrons. The van der Waals surface area contributed by atoms with Gasteiger partial charge in [-0.25, -0.2) is 9.37 Å². The van der Waals surface area contributed by atoms with Crippen molar-refractivity contribution >= 4 is 21.9 Å². The average molecular weight is 387 g/mol. The fourth-order valence-electron chi connectivity index (χ4n) is 3.11. The van der Waals surface area contributed by atoms with Gasteiger partial charge in [-0.15, -0.1) is 0 Å². The summed E-state index contributed by atoms with van der Waals surface area (Å²) >= 11 is 3.12. The lowest BCUT2D eigenvalue weighted by molar-refractivity contribution is -0.157. The highest BCUT2D eigenvalue weighted by Gasteiger charge is 2.39. The first-order valence-electron chi connectivity index (χ1n) is 8.04. The van der Waals surface area contributed by atoms with Crippen LogP contribution in [-0.4, -0.2) is 35.5 Å². The van der Waals surface area contributed by atoms with Crippen LogP contribution in [-0.2, 0) is 16.1 Å². The Morgan fingerprint density at radius 2 is 2.13 bits per heavy atom. The van der Waals surface area contributed by atoms with Gasteiger partial charge in [-0.1, -0.05) is 0 Å².